The van der Waals surface area contributed by atoms with Crippen LogP contribution in [0, 0.1) is 17.0 Å². The summed E-state index contributed by atoms with van der Waals surface area (Å²) in [4.78, 5) is 37.5. The Morgan fingerprint density at radius 2 is 2.00 bits per heavy atom. The molecule has 0 bridgehead atoms. The van der Waals surface area contributed by atoms with E-state index in [0.29, 0.717) is 30.0 Å². The largest absolute Gasteiger partial charge is 0.483 e. The second-order valence-electron chi connectivity index (χ2n) is 6.55. The Labute approximate surface area is 162 Å². The summed E-state index contributed by atoms with van der Waals surface area (Å²) in [5.41, 5.74) is 1.92. The molecule has 1 atom stereocenters. The van der Waals surface area contributed by atoms with Gasteiger partial charge in [0, 0.05) is 29.9 Å². The van der Waals surface area contributed by atoms with Crippen LogP contribution >= 0.6 is 0 Å². The molecule has 3 rings (SSSR count). The Morgan fingerprint density at radius 1 is 1.29 bits per heavy atom. The molecule has 146 valence electrons. The van der Waals surface area contributed by atoms with Gasteiger partial charge in [0.25, 0.3) is 17.5 Å². The minimum absolute atomic E-state index is 0.0511. The number of aryl methyl sites for hydroxylation is 1. The molecule has 0 saturated carbocycles. The monoisotopic (exact) mass is 383 g/mol. The molecular weight excluding hydrogens is 362 g/mol. The van der Waals surface area contributed by atoms with E-state index >= 15 is 0 Å². The van der Waals surface area contributed by atoms with Crippen LogP contribution in [0.1, 0.15) is 30.5 Å². The number of anilines is 1. The predicted molar refractivity (Wildman–Crippen MR) is 103 cm³/mol. The number of nitro benzene ring substituents is 1. The van der Waals surface area contributed by atoms with Gasteiger partial charge >= 0.3 is 0 Å². The summed E-state index contributed by atoms with van der Waals surface area (Å²) in [7, 11) is 0. The highest BCUT2D eigenvalue weighted by atomic mass is 16.6. The molecule has 28 heavy (non-hydrogen) atoms. The lowest BCUT2D eigenvalue weighted by molar-refractivity contribution is -0.384. The van der Waals surface area contributed by atoms with Gasteiger partial charge in [-0.3, -0.25) is 19.7 Å². The Bertz CT molecular complexity index is 911. The lowest BCUT2D eigenvalue weighted by atomic mass is 10.0. The molecule has 2 amide bonds. The molecule has 1 unspecified atom stereocenters. The van der Waals surface area contributed by atoms with Crippen LogP contribution < -0.4 is 15.0 Å². The Hall–Kier alpha value is -3.42. The summed E-state index contributed by atoms with van der Waals surface area (Å²) in [6.45, 7) is 4.03. The van der Waals surface area contributed by atoms with E-state index in [9.17, 15) is 19.7 Å². The first kappa shape index (κ1) is 19.3. The first-order valence-electron chi connectivity index (χ1n) is 9.00. The van der Waals surface area contributed by atoms with Crippen molar-refractivity contribution < 1.29 is 19.2 Å². The zero-order valence-electron chi connectivity index (χ0n) is 15.7. The zero-order chi connectivity index (χ0) is 20.3. The van der Waals surface area contributed by atoms with Gasteiger partial charge < -0.3 is 15.0 Å². The SMILES string of the molecule is CCCN(C(=O)C1NC(=O)COc2c(C)cccc21)c1ccc([N+](=O)[O-])cc1. The molecule has 2 aromatic rings. The van der Waals surface area contributed by atoms with Gasteiger partial charge in [0.1, 0.15) is 11.8 Å². The molecule has 1 heterocycles. The van der Waals surface area contributed by atoms with E-state index in [1.165, 1.54) is 29.2 Å². The number of non-ortho nitro benzene ring substituents is 1. The second kappa shape index (κ2) is 8.08. The van der Waals surface area contributed by atoms with Gasteiger partial charge in [-0.1, -0.05) is 25.1 Å². The first-order valence-corrected chi connectivity index (χ1v) is 9.00. The molecular formula is C20H21N3O5. The zero-order valence-corrected chi connectivity index (χ0v) is 15.7. The lowest BCUT2D eigenvalue weighted by Gasteiger charge is -2.27. The average Bonchev–Trinajstić information content (AvgIpc) is 2.86. The maximum absolute atomic E-state index is 13.4. The summed E-state index contributed by atoms with van der Waals surface area (Å²) in [5.74, 6) is -0.171. The number of rotatable bonds is 5. The number of hydrogen-bond acceptors (Lipinski definition) is 5. The van der Waals surface area contributed by atoms with Gasteiger partial charge in [0.05, 0.1) is 4.92 Å². The minimum atomic E-state index is -0.897. The molecule has 8 heteroatoms. The van der Waals surface area contributed by atoms with Gasteiger partial charge in [-0.2, -0.15) is 0 Å². The molecule has 0 radical (unpaired) electrons. The number of ether oxygens (including phenoxy) is 1. The quantitative estimate of drug-likeness (QED) is 0.632. The van der Waals surface area contributed by atoms with Crippen LogP contribution in [0.4, 0.5) is 11.4 Å². The number of fused-ring (bicyclic) bond motifs is 1. The average molecular weight is 383 g/mol. The Morgan fingerprint density at radius 3 is 2.64 bits per heavy atom. The molecule has 1 N–H and O–H groups in total. The van der Waals surface area contributed by atoms with Crippen molar-refractivity contribution in [1.82, 2.24) is 5.32 Å². The summed E-state index contributed by atoms with van der Waals surface area (Å²) in [6, 6.07) is 10.3. The highest BCUT2D eigenvalue weighted by Gasteiger charge is 2.33. The number of hydrogen-bond donors (Lipinski definition) is 1. The number of para-hydroxylation sites is 1. The molecule has 8 nitrogen and oxygen atoms in total. The van der Waals surface area contributed by atoms with Gasteiger partial charge in [0.15, 0.2) is 6.61 Å². The van der Waals surface area contributed by atoms with E-state index < -0.39 is 11.0 Å². The number of carbonyl (C=O) groups is 2. The van der Waals surface area contributed by atoms with Gasteiger partial charge in [-0.25, -0.2) is 0 Å². The molecule has 0 fully saturated rings. The fourth-order valence-electron chi connectivity index (χ4n) is 3.21. The number of nitrogens with one attached hydrogen (secondary N) is 1. The summed E-state index contributed by atoms with van der Waals surface area (Å²) in [6.07, 6.45) is 0.681. The standard InChI is InChI=1S/C20H21N3O5/c1-3-11-22(14-7-9-15(10-8-14)23(26)27)20(25)18-16-6-4-5-13(2)19(16)28-12-17(24)21-18/h4-10,18H,3,11-12H2,1-2H3,(H,21,24). The summed E-state index contributed by atoms with van der Waals surface area (Å²) in [5, 5.41) is 13.6. The molecule has 2 aromatic carbocycles. The van der Waals surface area contributed by atoms with Crippen molar-refractivity contribution in [1.29, 1.82) is 0 Å². The van der Waals surface area contributed by atoms with E-state index in [1.54, 1.807) is 6.07 Å². The third-order valence-corrected chi connectivity index (χ3v) is 4.54. The number of nitro groups is 1. The van der Waals surface area contributed by atoms with E-state index in [2.05, 4.69) is 5.32 Å². The van der Waals surface area contributed by atoms with Crippen LogP contribution in [0.2, 0.25) is 0 Å². The lowest BCUT2D eigenvalue weighted by Crippen LogP contribution is -2.43. The molecule has 0 aliphatic carbocycles. The van der Waals surface area contributed by atoms with Crippen LogP contribution in [0.3, 0.4) is 0 Å². The van der Waals surface area contributed by atoms with E-state index in [0.717, 1.165) is 5.56 Å². The molecule has 0 spiro atoms. The normalized spacial score (nSPS) is 15.6. The number of amides is 2. The summed E-state index contributed by atoms with van der Waals surface area (Å²) >= 11 is 0. The molecule has 1 aliphatic rings. The van der Waals surface area contributed by atoms with E-state index in [-0.39, 0.29) is 24.1 Å². The molecule has 0 aromatic heterocycles. The molecule has 1 aliphatic heterocycles. The minimum Gasteiger partial charge on any atom is -0.483 e. The van der Waals surface area contributed by atoms with Crippen molar-refractivity contribution in [3.05, 3.63) is 63.7 Å². The van der Waals surface area contributed by atoms with E-state index in [1.807, 2.05) is 26.0 Å². The predicted octanol–water partition coefficient (Wildman–Crippen LogP) is 2.90. The third kappa shape index (κ3) is 3.80. The fourth-order valence-corrected chi connectivity index (χ4v) is 3.21. The van der Waals surface area contributed by atoms with Crippen LogP contribution in [0.15, 0.2) is 42.5 Å². The smallest absolute Gasteiger partial charge is 0.269 e. The maximum Gasteiger partial charge on any atom is 0.269 e. The Kier molecular flexibility index (Phi) is 5.58. The number of carbonyl (C=O) groups excluding carboxylic acids is 2. The van der Waals surface area contributed by atoms with Crippen molar-refractivity contribution in [3.8, 4) is 5.75 Å². The molecule has 0 saturated heterocycles. The van der Waals surface area contributed by atoms with Gasteiger partial charge in [-0.15, -0.1) is 0 Å². The summed E-state index contributed by atoms with van der Waals surface area (Å²) < 4.78 is 5.60. The van der Waals surface area contributed by atoms with Crippen LogP contribution in [-0.2, 0) is 9.59 Å². The van der Waals surface area contributed by atoms with Crippen molar-refractivity contribution in [2.24, 2.45) is 0 Å². The topological polar surface area (TPSA) is 102 Å². The van der Waals surface area contributed by atoms with Crippen LogP contribution in [0.5, 0.6) is 5.75 Å². The highest BCUT2D eigenvalue weighted by Crippen LogP contribution is 2.33. The third-order valence-electron chi connectivity index (χ3n) is 4.54. The van der Waals surface area contributed by atoms with Crippen LogP contribution in [0.25, 0.3) is 0 Å². The van der Waals surface area contributed by atoms with Crippen molar-refractivity contribution in [2.45, 2.75) is 26.3 Å². The maximum atomic E-state index is 13.4. The van der Waals surface area contributed by atoms with E-state index in [4.69, 9.17) is 4.74 Å². The Balaban J connectivity index is 2.00. The van der Waals surface area contributed by atoms with Crippen molar-refractivity contribution >= 4 is 23.2 Å². The van der Waals surface area contributed by atoms with Crippen LogP contribution in [-0.4, -0.2) is 29.9 Å². The fraction of sp³-hybridized carbons (Fsp3) is 0.300. The van der Waals surface area contributed by atoms with Gasteiger partial charge in [-0.05, 0) is 31.0 Å². The van der Waals surface area contributed by atoms with Gasteiger partial charge in [0.2, 0.25) is 0 Å². The first-order chi connectivity index (χ1) is 13.4. The second-order valence-corrected chi connectivity index (χ2v) is 6.55. The van der Waals surface area contributed by atoms with Crippen molar-refractivity contribution in [3.63, 3.8) is 0 Å². The number of benzene rings is 2. The van der Waals surface area contributed by atoms with Crippen molar-refractivity contribution in [2.75, 3.05) is 18.1 Å². The highest BCUT2D eigenvalue weighted by molar-refractivity contribution is 6.00. The number of nitrogens with zero attached hydrogens (tertiary/aromatic N) is 2.